The van der Waals surface area contributed by atoms with Crippen LogP contribution < -0.4 is 0 Å². The quantitative estimate of drug-likeness (QED) is 0.189. The summed E-state index contributed by atoms with van der Waals surface area (Å²) >= 11 is 0. The normalized spacial score (nSPS) is 12.0. The van der Waals surface area contributed by atoms with Crippen molar-refractivity contribution in [3.05, 3.63) is 158 Å². The zero-order valence-electron chi connectivity index (χ0n) is 24.4. The molecule has 2 aromatic heterocycles. The van der Waals surface area contributed by atoms with E-state index < -0.39 is 0 Å². The fourth-order valence-corrected chi connectivity index (χ4v) is 7.54. The van der Waals surface area contributed by atoms with Crippen LogP contribution in [0.3, 0.4) is 0 Å². The second kappa shape index (κ2) is 9.25. The second-order valence-corrected chi connectivity index (χ2v) is 11.9. The summed E-state index contributed by atoms with van der Waals surface area (Å²) in [7, 11) is 0. The molecule has 10 aromatic rings. The van der Waals surface area contributed by atoms with Crippen molar-refractivity contribution in [3.8, 4) is 16.9 Å². The van der Waals surface area contributed by atoms with E-state index in [1.807, 2.05) is 0 Å². The molecule has 0 spiro atoms. The number of fused-ring (bicyclic) bond motifs is 11. The van der Waals surface area contributed by atoms with Crippen molar-refractivity contribution in [1.29, 1.82) is 0 Å². The van der Waals surface area contributed by atoms with Gasteiger partial charge in [-0.25, -0.2) is 4.98 Å². The number of aromatic nitrogens is 2. The first-order valence-electron chi connectivity index (χ1n) is 15.5. The van der Waals surface area contributed by atoms with Gasteiger partial charge in [-0.1, -0.05) is 121 Å². The van der Waals surface area contributed by atoms with Crippen LogP contribution in [0.2, 0.25) is 0 Å². The average Bonchev–Trinajstić information content (AvgIpc) is 3.43. The van der Waals surface area contributed by atoms with Crippen molar-refractivity contribution in [1.82, 2.24) is 9.55 Å². The van der Waals surface area contributed by atoms with E-state index in [0.29, 0.717) is 0 Å². The van der Waals surface area contributed by atoms with Crippen LogP contribution in [0.4, 0.5) is 0 Å². The number of hydrogen-bond donors (Lipinski definition) is 0. The van der Waals surface area contributed by atoms with E-state index in [1.165, 1.54) is 70.6 Å². The molecule has 0 unspecified atom stereocenters. The summed E-state index contributed by atoms with van der Waals surface area (Å²) in [5.41, 5.74) is 6.73. The molecular weight excluding hydrogens is 544 g/mol. The van der Waals surface area contributed by atoms with Crippen molar-refractivity contribution in [2.24, 2.45) is 0 Å². The van der Waals surface area contributed by atoms with Gasteiger partial charge in [0.2, 0.25) is 0 Å². The maximum Gasteiger partial charge on any atom is 0.0715 e. The molecule has 8 aromatic carbocycles. The fraction of sp³-hybridized carbons (Fsp3) is 0. The minimum Gasteiger partial charge on any atom is -0.309 e. The molecule has 0 amide bonds. The molecule has 0 radical (unpaired) electrons. The van der Waals surface area contributed by atoms with Crippen LogP contribution in [-0.4, -0.2) is 9.55 Å². The van der Waals surface area contributed by atoms with E-state index in [9.17, 15) is 0 Å². The molecule has 0 atom stereocenters. The third-order valence-corrected chi connectivity index (χ3v) is 9.55. The number of hydrogen-bond acceptors (Lipinski definition) is 1. The third-order valence-electron chi connectivity index (χ3n) is 9.55. The predicted octanol–water partition coefficient (Wildman–Crippen LogP) is 11.6. The molecule has 45 heavy (non-hydrogen) atoms. The Morgan fingerprint density at radius 1 is 0.356 bits per heavy atom. The third kappa shape index (κ3) is 3.48. The van der Waals surface area contributed by atoms with Crippen LogP contribution in [0.5, 0.6) is 0 Å². The SMILES string of the molecule is c1ccc2nc(-c3ccc(-n4c5ccccc5c5cc6c7ccccc7c7ccccc7c6cc54)c4ccccc34)ccc2c1. The zero-order chi connectivity index (χ0) is 29.5. The van der Waals surface area contributed by atoms with E-state index >= 15 is 0 Å². The van der Waals surface area contributed by atoms with Crippen molar-refractivity contribution in [2.45, 2.75) is 0 Å². The summed E-state index contributed by atoms with van der Waals surface area (Å²) < 4.78 is 2.47. The van der Waals surface area contributed by atoms with E-state index in [2.05, 4.69) is 162 Å². The van der Waals surface area contributed by atoms with Crippen molar-refractivity contribution < 1.29 is 0 Å². The average molecular weight is 571 g/mol. The summed E-state index contributed by atoms with van der Waals surface area (Å²) in [6.45, 7) is 0. The largest absolute Gasteiger partial charge is 0.309 e. The lowest BCUT2D eigenvalue weighted by Gasteiger charge is -2.15. The van der Waals surface area contributed by atoms with Gasteiger partial charge >= 0.3 is 0 Å². The summed E-state index contributed by atoms with van der Waals surface area (Å²) in [5, 5.41) is 13.8. The molecule has 0 aliphatic carbocycles. The van der Waals surface area contributed by atoms with Gasteiger partial charge in [0.25, 0.3) is 0 Å². The lowest BCUT2D eigenvalue weighted by molar-refractivity contribution is 1.20. The predicted molar refractivity (Wildman–Crippen MR) is 192 cm³/mol. The van der Waals surface area contributed by atoms with E-state index in [-0.39, 0.29) is 0 Å². The minimum atomic E-state index is 0.989. The van der Waals surface area contributed by atoms with Gasteiger partial charge in [0.05, 0.1) is 27.9 Å². The molecule has 2 heterocycles. The van der Waals surface area contributed by atoms with Crippen LogP contribution in [0.1, 0.15) is 0 Å². The summed E-state index contributed by atoms with van der Waals surface area (Å²) in [6.07, 6.45) is 0. The Hall–Kier alpha value is -5.99. The molecule has 2 heteroatoms. The monoisotopic (exact) mass is 570 g/mol. The molecule has 0 bridgehead atoms. The highest BCUT2D eigenvalue weighted by atomic mass is 15.0. The summed E-state index contributed by atoms with van der Waals surface area (Å²) in [4.78, 5) is 5.07. The van der Waals surface area contributed by atoms with Gasteiger partial charge in [-0.3, -0.25) is 0 Å². The molecular formula is C43H26N2. The first-order valence-corrected chi connectivity index (χ1v) is 15.5. The van der Waals surface area contributed by atoms with Gasteiger partial charge in [-0.2, -0.15) is 0 Å². The Labute approximate surface area is 259 Å². The van der Waals surface area contributed by atoms with E-state index in [0.717, 1.165) is 22.2 Å². The molecule has 10 rings (SSSR count). The van der Waals surface area contributed by atoms with Crippen LogP contribution in [0.15, 0.2) is 158 Å². The van der Waals surface area contributed by atoms with Crippen molar-refractivity contribution in [3.63, 3.8) is 0 Å². The smallest absolute Gasteiger partial charge is 0.0715 e. The van der Waals surface area contributed by atoms with E-state index in [4.69, 9.17) is 4.98 Å². The second-order valence-electron chi connectivity index (χ2n) is 11.9. The maximum absolute atomic E-state index is 5.07. The number of para-hydroxylation sites is 2. The Morgan fingerprint density at radius 3 is 1.69 bits per heavy atom. The zero-order valence-corrected chi connectivity index (χ0v) is 24.4. The standard InChI is InChI=1S/C43H26N2/c1-9-19-39-27(11-1)21-23-40(44-39)33-22-24-42(34-17-7-6-16-32(33)34)45-41-20-10-8-18-35(41)38-25-36-30-14-4-2-12-28(30)29-13-3-5-15-31(29)37(36)26-43(38)45/h1-26H. The van der Waals surface area contributed by atoms with Gasteiger partial charge in [0.15, 0.2) is 0 Å². The fourth-order valence-electron chi connectivity index (χ4n) is 7.54. The molecule has 0 aliphatic rings. The Morgan fingerprint density at radius 2 is 0.933 bits per heavy atom. The van der Waals surface area contributed by atoms with Gasteiger partial charge in [0.1, 0.15) is 0 Å². The molecule has 208 valence electrons. The van der Waals surface area contributed by atoms with Gasteiger partial charge in [-0.15, -0.1) is 0 Å². The summed E-state index contributed by atoms with van der Waals surface area (Å²) in [6, 6.07) is 57.2. The number of rotatable bonds is 2. The Kier molecular flexibility index (Phi) is 5.03. The van der Waals surface area contributed by atoms with E-state index in [1.54, 1.807) is 0 Å². The molecule has 0 saturated heterocycles. The molecule has 0 saturated carbocycles. The van der Waals surface area contributed by atoms with Crippen LogP contribution in [0, 0.1) is 0 Å². The van der Waals surface area contributed by atoms with Crippen LogP contribution in [0.25, 0.3) is 92.7 Å². The molecule has 0 fully saturated rings. The number of nitrogens with zero attached hydrogens (tertiary/aromatic N) is 2. The van der Waals surface area contributed by atoms with Crippen LogP contribution in [-0.2, 0) is 0 Å². The minimum absolute atomic E-state index is 0.989. The first kappa shape index (κ1) is 24.5. The number of benzene rings is 8. The highest BCUT2D eigenvalue weighted by molar-refractivity contribution is 6.29. The Bertz CT molecular complexity index is 2820. The lowest BCUT2D eigenvalue weighted by Crippen LogP contribution is -1.97. The number of pyridine rings is 1. The molecule has 0 N–H and O–H groups in total. The van der Waals surface area contributed by atoms with Crippen molar-refractivity contribution in [2.75, 3.05) is 0 Å². The lowest BCUT2D eigenvalue weighted by atomic mass is 9.93. The first-order chi connectivity index (χ1) is 22.3. The highest BCUT2D eigenvalue weighted by Crippen LogP contribution is 2.42. The molecule has 0 aliphatic heterocycles. The van der Waals surface area contributed by atoms with Gasteiger partial charge < -0.3 is 4.57 Å². The van der Waals surface area contributed by atoms with Crippen molar-refractivity contribution >= 4 is 75.8 Å². The topological polar surface area (TPSA) is 17.8 Å². The van der Waals surface area contributed by atoms with Crippen LogP contribution >= 0.6 is 0 Å². The summed E-state index contributed by atoms with van der Waals surface area (Å²) in [5.74, 6) is 0. The maximum atomic E-state index is 5.07. The van der Waals surface area contributed by atoms with Gasteiger partial charge in [0, 0.05) is 27.1 Å². The molecule has 2 nitrogen and oxygen atoms in total. The van der Waals surface area contributed by atoms with Gasteiger partial charge in [-0.05, 0) is 74.1 Å². The Balaban J connectivity index is 1.32. The highest BCUT2D eigenvalue weighted by Gasteiger charge is 2.18.